The molecule has 1 aliphatic rings. The number of hydrogen-bond donors (Lipinski definition) is 1. The molecule has 0 saturated carbocycles. The summed E-state index contributed by atoms with van der Waals surface area (Å²) in [5.41, 5.74) is 2.94. The van der Waals surface area contributed by atoms with E-state index in [-0.39, 0.29) is 6.03 Å². The molecule has 1 aromatic heterocycles. The van der Waals surface area contributed by atoms with Crippen LogP contribution < -0.4 is 5.32 Å². The zero-order valence-electron chi connectivity index (χ0n) is 13.6. The van der Waals surface area contributed by atoms with Crippen molar-refractivity contribution in [1.29, 1.82) is 0 Å². The number of para-hydroxylation sites is 1. The summed E-state index contributed by atoms with van der Waals surface area (Å²) in [6, 6.07) is 9.52. The molecule has 122 valence electrons. The van der Waals surface area contributed by atoms with Crippen molar-refractivity contribution < 1.29 is 9.32 Å². The first-order chi connectivity index (χ1) is 11.1. The normalized spacial score (nSPS) is 15.7. The van der Waals surface area contributed by atoms with E-state index in [1.807, 2.05) is 49.1 Å². The van der Waals surface area contributed by atoms with E-state index < -0.39 is 0 Å². The molecular weight excluding hydrogens is 292 g/mol. The van der Waals surface area contributed by atoms with Gasteiger partial charge in [0.15, 0.2) is 0 Å². The number of urea groups is 1. The summed E-state index contributed by atoms with van der Waals surface area (Å²) in [7, 11) is 0. The van der Waals surface area contributed by atoms with Gasteiger partial charge in [0, 0.05) is 44.0 Å². The minimum atomic E-state index is -0.0341. The van der Waals surface area contributed by atoms with Gasteiger partial charge in [-0.05, 0) is 26.0 Å². The smallest absolute Gasteiger partial charge is 0.321 e. The summed E-state index contributed by atoms with van der Waals surface area (Å²) in [6.45, 7) is 7.90. The fourth-order valence-corrected chi connectivity index (χ4v) is 2.78. The molecule has 0 unspecified atom stereocenters. The van der Waals surface area contributed by atoms with Crippen LogP contribution in [0.1, 0.15) is 17.0 Å². The number of benzene rings is 1. The lowest BCUT2D eigenvalue weighted by molar-refractivity contribution is 0.142. The number of carbonyl (C=O) groups is 1. The van der Waals surface area contributed by atoms with Crippen molar-refractivity contribution >= 4 is 11.7 Å². The summed E-state index contributed by atoms with van der Waals surface area (Å²) in [5.74, 6) is 0.881. The Bertz CT molecular complexity index is 641. The van der Waals surface area contributed by atoms with Gasteiger partial charge in [0.1, 0.15) is 5.76 Å². The lowest BCUT2D eigenvalue weighted by Crippen LogP contribution is -2.49. The zero-order valence-corrected chi connectivity index (χ0v) is 13.6. The van der Waals surface area contributed by atoms with Crippen LogP contribution in [0.3, 0.4) is 0 Å². The SMILES string of the molecule is Cc1noc(C)c1CN1CCN(C(=O)Nc2ccccc2)CC1. The summed E-state index contributed by atoms with van der Waals surface area (Å²) < 4.78 is 5.21. The standard InChI is InChI=1S/C17H22N4O2/c1-13-16(14(2)23-19-13)12-20-8-10-21(11-9-20)17(22)18-15-6-4-3-5-7-15/h3-7H,8-12H2,1-2H3,(H,18,22). The van der Waals surface area contributed by atoms with E-state index in [0.717, 1.165) is 55.4 Å². The highest BCUT2D eigenvalue weighted by atomic mass is 16.5. The second-order valence-electron chi connectivity index (χ2n) is 5.86. The quantitative estimate of drug-likeness (QED) is 0.946. The third kappa shape index (κ3) is 3.71. The number of nitrogens with one attached hydrogen (secondary N) is 1. The fraction of sp³-hybridized carbons (Fsp3) is 0.412. The van der Waals surface area contributed by atoms with Crippen LogP contribution in [0, 0.1) is 13.8 Å². The zero-order chi connectivity index (χ0) is 16.2. The molecule has 0 spiro atoms. The maximum atomic E-state index is 12.3. The van der Waals surface area contributed by atoms with Crippen molar-refractivity contribution in [1.82, 2.24) is 15.0 Å². The van der Waals surface area contributed by atoms with Crippen molar-refractivity contribution in [3.8, 4) is 0 Å². The number of piperazine rings is 1. The first-order valence-electron chi connectivity index (χ1n) is 7.88. The molecule has 0 atom stereocenters. The molecule has 1 N–H and O–H groups in total. The van der Waals surface area contributed by atoms with Gasteiger partial charge in [-0.1, -0.05) is 23.4 Å². The summed E-state index contributed by atoms with van der Waals surface area (Å²) in [5, 5.41) is 6.93. The van der Waals surface area contributed by atoms with Gasteiger partial charge in [-0.2, -0.15) is 0 Å². The summed E-state index contributed by atoms with van der Waals surface area (Å²) in [4.78, 5) is 16.5. The molecule has 0 radical (unpaired) electrons. The Morgan fingerprint density at radius 2 is 1.87 bits per heavy atom. The van der Waals surface area contributed by atoms with E-state index in [1.54, 1.807) is 0 Å². The van der Waals surface area contributed by atoms with E-state index in [4.69, 9.17) is 4.52 Å². The largest absolute Gasteiger partial charge is 0.361 e. The Kier molecular flexibility index (Phi) is 4.62. The lowest BCUT2D eigenvalue weighted by atomic mass is 10.2. The second kappa shape index (κ2) is 6.83. The summed E-state index contributed by atoms with van der Waals surface area (Å²) in [6.07, 6.45) is 0. The number of aryl methyl sites for hydroxylation is 2. The average Bonchev–Trinajstić information content (AvgIpc) is 2.88. The molecule has 0 aliphatic carbocycles. The van der Waals surface area contributed by atoms with Gasteiger partial charge >= 0.3 is 6.03 Å². The van der Waals surface area contributed by atoms with Crippen molar-refractivity contribution in [2.45, 2.75) is 20.4 Å². The number of amides is 2. The van der Waals surface area contributed by atoms with Crippen molar-refractivity contribution in [3.63, 3.8) is 0 Å². The number of nitrogens with zero attached hydrogens (tertiary/aromatic N) is 3. The predicted molar refractivity (Wildman–Crippen MR) is 88.3 cm³/mol. The van der Waals surface area contributed by atoms with Crippen molar-refractivity contribution in [2.24, 2.45) is 0 Å². The highest BCUT2D eigenvalue weighted by molar-refractivity contribution is 5.89. The molecule has 1 aromatic carbocycles. The van der Waals surface area contributed by atoms with Gasteiger partial charge in [0.2, 0.25) is 0 Å². The number of carbonyl (C=O) groups excluding carboxylic acids is 1. The molecule has 6 nitrogen and oxygen atoms in total. The monoisotopic (exact) mass is 314 g/mol. The third-order valence-electron chi connectivity index (χ3n) is 4.25. The van der Waals surface area contributed by atoms with E-state index >= 15 is 0 Å². The Hall–Kier alpha value is -2.34. The number of hydrogen-bond acceptors (Lipinski definition) is 4. The van der Waals surface area contributed by atoms with Crippen LogP contribution in [0.15, 0.2) is 34.9 Å². The minimum absolute atomic E-state index is 0.0341. The molecule has 2 aromatic rings. The second-order valence-corrected chi connectivity index (χ2v) is 5.86. The van der Waals surface area contributed by atoms with Crippen LogP contribution >= 0.6 is 0 Å². The van der Waals surface area contributed by atoms with Gasteiger partial charge in [0.05, 0.1) is 5.69 Å². The maximum absolute atomic E-state index is 12.3. The first-order valence-corrected chi connectivity index (χ1v) is 7.88. The molecule has 6 heteroatoms. The molecular formula is C17H22N4O2. The van der Waals surface area contributed by atoms with Crippen molar-refractivity contribution in [2.75, 3.05) is 31.5 Å². The highest BCUT2D eigenvalue weighted by Crippen LogP contribution is 2.16. The van der Waals surface area contributed by atoms with Crippen LogP contribution in [0.4, 0.5) is 10.5 Å². The van der Waals surface area contributed by atoms with Gasteiger partial charge in [-0.15, -0.1) is 0 Å². The molecule has 1 aliphatic heterocycles. The molecule has 0 bridgehead atoms. The highest BCUT2D eigenvalue weighted by Gasteiger charge is 2.22. The predicted octanol–water partition coefficient (Wildman–Crippen LogP) is 2.64. The Morgan fingerprint density at radius 3 is 2.48 bits per heavy atom. The van der Waals surface area contributed by atoms with Crippen LogP contribution in [-0.4, -0.2) is 47.2 Å². The topological polar surface area (TPSA) is 61.6 Å². The summed E-state index contributed by atoms with van der Waals surface area (Å²) >= 11 is 0. The first kappa shape index (κ1) is 15.6. The average molecular weight is 314 g/mol. The number of anilines is 1. The van der Waals surface area contributed by atoms with E-state index in [0.29, 0.717) is 0 Å². The van der Waals surface area contributed by atoms with Crippen LogP contribution in [-0.2, 0) is 6.54 Å². The van der Waals surface area contributed by atoms with E-state index in [2.05, 4.69) is 15.4 Å². The maximum Gasteiger partial charge on any atom is 0.321 e. The van der Waals surface area contributed by atoms with Crippen LogP contribution in [0.2, 0.25) is 0 Å². The van der Waals surface area contributed by atoms with Crippen molar-refractivity contribution in [3.05, 3.63) is 47.3 Å². The molecule has 3 rings (SSSR count). The van der Waals surface area contributed by atoms with E-state index in [1.165, 1.54) is 0 Å². The third-order valence-corrected chi connectivity index (χ3v) is 4.25. The Balaban J connectivity index is 1.51. The number of rotatable bonds is 3. The van der Waals surface area contributed by atoms with Gasteiger partial charge in [0.25, 0.3) is 0 Å². The fourth-order valence-electron chi connectivity index (χ4n) is 2.78. The molecule has 23 heavy (non-hydrogen) atoms. The minimum Gasteiger partial charge on any atom is -0.361 e. The van der Waals surface area contributed by atoms with Crippen LogP contribution in [0.5, 0.6) is 0 Å². The number of aromatic nitrogens is 1. The Morgan fingerprint density at radius 1 is 1.17 bits per heavy atom. The van der Waals surface area contributed by atoms with E-state index in [9.17, 15) is 4.79 Å². The lowest BCUT2D eigenvalue weighted by Gasteiger charge is -2.34. The van der Waals surface area contributed by atoms with Gasteiger partial charge < -0.3 is 14.7 Å². The molecule has 2 amide bonds. The Labute approximate surface area is 136 Å². The molecule has 1 fully saturated rings. The molecule has 1 saturated heterocycles. The van der Waals surface area contributed by atoms with Crippen LogP contribution in [0.25, 0.3) is 0 Å². The molecule has 2 heterocycles. The van der Waals surface area contributed by atoms with Gasteiger partial charge in [-0.3, -0.25) is 4.90 Å². The van der Waals surface area contributed by atoms with Gasteiger partial charge in [-0.25, -0.2) is 4.79 Å².